The largest absolute Gasteiger partial charge is 0.462 e. The third-order valence-electron chi connectivity index (χ3n) is 2.65. The standard InChI is InChI=1S/C15H13F2NO3/c1-2-20-15(19)10-4-3-5-12(18)14(10)21-13-8-9(16)6-7-11(13)17/h3-8H,2,18H2,1H3. The molecular formula is C15H13F2NO3. The highest BCUT2D eigenvalue weighted by molar-refractivity contribution is 5.94. The Bertz CT molecular complexity index is 674. The van der Waals surface area contributed by atoms with E-state index in [2.05, 4.69) is 0 Å². The van der Waals surface area contributed by atoms with Gasteiger partial charge in [0.2, 0.25) is 0 Å². The molecule has 0 bridgehead atoms. The molecule has 0 amide bonds. The topological polar surface area (TPSA) is 61.5 Å². The number of rotatable bonds is 4. The molecule has 2 aromatic rings. The monoisotopic (exact) mass is 293 g/mol. The molecule has 0 fully saturated rings. The Balaban J connectivity index is 2.43. The van der Waals surface area contributed by atoms with Gasteiger partial charge < -0.3 is 15.2 Å². The Kier molecular flexibility index (Phi) is 4.37. The van der Waals surface area contributed by atoms with Crippen LogP contribution in [0.25, 0.3) is 0 Å². The fourth-order valence-electron chi connectivity index (χ4n) is 1.70. The highest BCUT2D eigenvalue weighted by Gasteiger charge is 2.18. The summed E-state index contributed by atoms with van der Waals surface area (Å²) in [6, 6.07) is 7.21. The van der Waals surface area contributed by atoms with Crippen LogP contribution in [0.5, 0.6) is 11.5 Å². The van der Waals surface area contributed by atoms with Gasteiger partial charge in [-0.1, -0.05) is 6.07 Å². The summed E-state index contributed by atoms with van der Waals surface area (Å²) in [6.45, 7) is 1.82. The summed E-state index contributed by atoms with van der Waals surface area (Å²) in [6.07, 6.45) is 0. The van der Waals surface area contributed by atoms with Gasteiger partial charge in [-0.3, -0.25) is 0 Å². The smallest absolute Gasteiger partial charge is 0.342 e. The number of hydrogen-bond acceptors (Lipinski definition) is 4. The van der Waals surface area contributed by atoms with Crippen molar-refractivity contribution in [1.82, 2.24) is 0 Å². The number of nitrogens with two attached hydrogens (primary N) is 1. The van der Waals surface area contributed by atoms with Crippen molar-refractivity contribution in [2.24, 2.45) is 0 Å². The number of ether oxygens (including phenoxy) is 2. The number of carbonyl (C=O) groups excluding carboxylic acids is 1. The van der Waals surface area contributed by atoms with Crippen molar-refractivity contribution in [3.05, 3.63) is 53.6 Å². The molecule has 0 aromatic heterocycles. The molecule has 4 nitrogen and oxygen atoms in total. The molecule has 0 aliphatic heterocycles. The van der Waals surface area contributed by atoms with E-state index < -0.39 is 17.6 Å². The number of hydrogen-bond donors (Lipinski definition) is 1. The van der Waals surface area contributed by atoms with Crippen LogP contribution in [0.1, 0.15) is 17.3 Å². The van der Waals surface area contributed by atoms with Crippen molar-refractivity contribution < 1.29 is 23.0 Å². The van der Waals surface area contributed by atoms with Gasteiger partial charge in [-0.2, -0.15) is 0 Å². The van der Waals surface area contributed by atoms with Crippen LogP contribution in [-0.4, -0.2) is 12.6 Å². The van der Waals surface area contributed by atoms with Crippen LogP contribution < -0.4 is 10.5 Å². The third-order valence-corrected chi connectivity index (χ3v) is 2.65. The second-order valence-electron chi connectivity index (χ2n) is 4.12. The molecule has 0 aliphatic rings. The summed E-state index contributed by atoms with van der Waals surface area (Å²) in [4.78, 5) is 11.8. The minimum Gasteiger partial charge on any atom is -0.462 e. The molecule has 0 unspecified atom stereocenters. The molecule has 0 spiro atoms. The Morgan fingerprint density at radius 2 is 2.00 bits per heavy atom. The molecule has 0 radical (unpaired) electrons. The van der Waals surface area contributed by atoms with Gasteiger partial charge >= 0.3 is 5.97 Å². The van der Waals surface area contributed by atoms with E-state index in [1.807, 2.05) is 0 Å². The first-order valence-electron chi connectivity index (χ1n) is 6.21. The maximum Gasteiger partial charge on any atom is 0.342 e. The zero-order chi connectivity index (χ0) is 15.4. The molecule has 110 valence electrons. The second kappa shape index (κ2) is 6.21. The second-order valence-corrected chi connectivity index (χ2v) is 4.12. The fraction of sp³-hybridized carbons (Fsp3) is 0.133. The van der Waals surface area contributed by atoms with Crippen LogP contribution >= 0.6 is 0 Å². The Morgan fingerprint density at radius 3 is 2.71 bits per heavy atom. The average molecular weight is 293 g/mol. The number of nitrogen functional groups attached to an aromatic ring is 1. The number of halogens is 2. The van der Waals surface area contributed by atoms with Crippen LogP contribution in [-0.2, 0) is 4.74 Å². The van der Waals surface area contributed by atoms with Gasteiger partial charge in [-0.05, 0) is 31.2 Å². The number of esters is 1. The summed E-state index contributed by atoms with van der Waals surface area (Å²) in [5.74, 6) is -2.52. The summed E-state index contributed by atoms with van der Waals surface area (Å²) in [5.41, 5.74) is 5.90. The maximum atomic E-state index is 13.6. The molecule has 2 N–H and O–H groups in total. The summed E-state index contributed by atoms with van der Waals surface area (Å²) < 4.78 is 36.9. The average Bonchev–Trinajstić information content (AvgIpc) is 2.45. The highest BCUT2D eigenvalue weighted by atomic mass is 19.1. The number of anilines is 1. The predicted molar refractivity (Wildman–Crippen MR) is 73.2 cm³/mol. The first-order valence-corrected chi connectivity index (χ1v) is 6.21. The predicted octanol–water partition coefficient (Wildman–Crippen LogP) is 3.52. The van der Waals surface area contributed by atoms with Crippen molar-refractivity contribution in [3.8, 4) is 11.5 Å². The van der Waals surface area contributed by atoms with E-state index in [0.29, 0.717) is 0 Å². The maximum absolute atomic E-state index is 13.6. The normalized spacial score (nSPS) is 10.2. The number of carbonyl (C=O) groups is 1. The molecule has 2 rings (SSSR count). The highest BCUT2D eigenvalue weighted by Crippen LogP contribution is 2.33. The van der Waals surface area contributed by atoms with E-state index in [9.17, 15) is 13.6 Å². The van der Waals surface area contributed by atoms with Gasteiger partial charge in [0.1, 0.15) is 11.4 Å². The summed E-state index contributed by atoms with van der Waals surface area (Å²) >= 11 is 0. The van der Waals surface area contributed by atoms with Gasteiger partial charge in [-0.15, -0.1) is 0 Å². The molecule has 6 heteroatoms. The SMILES string of the molecule is CCOC(=O)c1cccc(N)c1Oc1cc(F)ccc1F. The van der Waals surface area contributed by atoms with Crippen LogP contribution in [0.3, 0.4) is 0 Å². The molecule has 21 heavy (non-hydrogen) atoms. The lowest BCUT2D eigenvalue weighted by Crippen LogP contribution is -2.08. The Hall–Kier alpha value is -2.63. The third kappa shape index (κ3) is 3.28. The quantitative estimate of drug-likeness (QED) is 0.692. The first-order chi connectivity index (χ1) is 10.0. The Morgan fingerprint density at radius 1 is 1.24 bits per heavy atom. The van der Waals surface area contributed by atoms with Crippen molar-refractivity contribution in [2.75, 3.05) is 12.3 Å². The van der Waals surface area contributed by atoms with Crippen molar-refractivity contribution in [3.63, 3.8) is 0 Å². The van der Waals surface area contributed by atoms with Crippen molar-refractivity contribution in [1.29, 1.82) is 0 Å². The molecule has 0 aliphatic carbocycles. The minimum absolute atomic E-state index is 0.0421. The molecule has 0 heterocycles. The van der Waals surface area contributed by atoms with Gasteiger partial charge in [0.15, 0.2) is 17.3 Å². The van der Waals surface area contributed by atoms with Crippen LogP contribution in [0.2, 0.25) is 0 Å². The van der Waals surface area contributed by atoms with E-state index >= 15 is 0 Å². The molecule has 0 atom stereocenters. The zero-order valence-electron chi connectivity index (χ0n) is 11.2. The van der Waals surface area contributed by atoms with E-state index in [1.54, 1.807) is 6.92 Å². The van der Waals surface area contributed by atoms with E-state index in [4.69, 9.17) is 15.2 Å². The van der Waals surface area contributed by atoms with Crippen molar-refractivity contribution in [2.45, 2.75) is 6.92 Å². The molecular weight excluding hydrogens is 280 g/mol. The lowest BCUT2D eigenvalue weighted by atomic mass is 10.1. The molecule has 0 saturated carbocycles. The molecule has 0 saturated heterocycles. The van der Waals surface area contributed by atoms with E-state index in [-0.39, 0.29) is 29.4 Å². The lowest BCUT2D eigenvalue weighted by Gasteiger charge is -2.13. The lowest BCUT2D eigenvalue weighted by molar-refractivity contribution is 0.0523. The minimum atomic E-state index is -0.769. The van der Waals surface area contributed by atoms with Gasteiger partial charge in [0.25, 0.3) is 0 Å². The van der Waals surface area contributed by atoms with E-state index in [1.165, 1.54) is 18.2 Å². The fourth-order valence-corrected chi connectivity index (χ4v) is 1.70. The van der Waals surface area contributed by atoms with Crippen LogP contribution in [0.15, 0.2) is 36.4 Å². The van der Waals surface area contributed by atoms with Gasteiger partial charge in [0, 0.05) is 6.07 Å². The summed E-state index contributed by atoms with van der Waals surface area (Å²) in [5, 5.41) is 0. The van der Waals surface area contributed by atoms with Crippen LogP contribution in [0, 0.1) is 11.6 Å². The zero-order valence-corrected chi connectivity index (χ0v) is 11.2. The van der Waals surface area contributed by atoms with Crippen LogP contribution in [0.4, 0.5) is 14.5 Å². The number of para-hydroxylation sites is 1. The van der Waals surface area contributed by atoms with Crippen molar-refractivity contribution >= 4 is 11.7 Å². The summed E-state index contributed by atoms with van der Waals surface area (Å²) in [7, 11) is 0. The van der Waals surface area contributed by atoms with Gasteiger partial charge in [0.05, 0.1) is 12.3 Å². The molecule has 2 aromatic carbocycles. The Labute approximate surface area is 120 Å². The van der Waals surface area contributed by atoms with E-state index in [0.717, 1.165) is 18.2 Å². The first kappa shape index (κ1) is 14.8. The van der Waals surface area contributed by atoms with Gasteiger partial charge in [-0.25, -0.2) is 13.6 Å². The number of benzene rings is 2.